The van der Waals surface area contributed by atoms with Crippen LogP contribution in [0.25, 0.3) is 0 Å². The van der Waals surface area contributed by atoms with E-state index in [2.05, 4.69) is 4.98 Å². The molecule has 0 aliphatic rings. The molecule has 18 heavy (non-hydrogen) atoms. The number of methoxy groups -OCH3 is 1. The molecule has 96 valence electrons. The van der Waals surface area contributed by atoms with Gasteiger partial charge in [-0.25, -0.2) is 8.42 Å². The Morgan fingerprint density at radius 3 is 2.39 bits per heavy atom. The van der Waals surface area contributed by atoms with Crippen molar-refractivity contribution in [2.75, 3.05) is 7.11 Å². The van der Waals surface area contributed by atoms with Crippen LogP contribution < -0.4 is 4.74 Å². The van der Waals surface area contributed by atoms with Crippen molar-refractivity contribution in [1.29, 1.82) is 0 Å². The molecule has 0 saturated heterocycles. The molecule has 0 bridgehead atoms. The Bertz CT molecular complexity index is 662. The van der Waals surface area contributed by atoms with Crippen molar-refractivity contribution in [1.82, 2.24) is 4.98 Å². The molecule has 1 aromatic heterocycles. The van der Waals surface area contributed by atoms with E-state index in [4.69, 9.17) is 16.3 Å². The monoisotopic (exact) mass is 303 g/mol. The van der Waals surface area contributed by atoms with E-state index in [1.54, 1.807) is 12.1 Å². The average molecular weight is 304 g/mol. The van der Waals surface area contributed by atoms with Crippen LogP contribution >= 0.6 is 22.9 Å². The first kappa shape index (κ1) is 13.3. The predicted octanol–water partition coefficient (Wildman–Crippen LogP) is 2.95. The third kappa shape index (κ3) is 2.36. The van der Waals surface area contributed by atoms with E-state index in [0.29, 0.717) is 0 Å². The van der Waals surface area contributed by atoms with Crippen molar-refractivity contribution in [2.24, 2.45) is 0 Å². The van der Waals surface area contributed by atoms with Crippen LogP contribution in [0.1, 0.15) is 5.56 Å². The van der Waals surface area contributed by atoms with Crippen molar-refractivity contribution in [3.63, 3.8) is 0 Å². The van der Waals surface area contributed by atoms with Crippen LogP contribution in [0.3, 0.4) is 0 Å². The maximum absolute atomic E-state index is 12.3. The molecule has 4 nitrogen and oxygen atoms in total. The molecule has 0 amide bonds. The van der Waals surface area contributed by atoms with E-state index in [1.165, 1.54) is 19.2 Å². The molecule has 1 heterocycles. The molecule has 0 spiro atoms. The van der Waals surface area contributed by atoms with Crippen LogP contribution in [-0.4, -0.2) is 20.5 Å². The number of hydrogen-bond acceptors (Lipinski definition) is 5. The number of thiazole rings is 1. The van der Waals surface area contributed by atoms with Crippen molar-refractivity contribution < 1.29 is 13.2 Å². The largest absolute Gasteiger partial charge is 0.473 e. The highest BCUT2D eigenvalue weighted by atomic mass is 35.5. The Kier molecular flexibility index (Phi) is 3.61. The second-order valence-electron chi connectivity index (χ2n) is 3.58. The zero-order valence-electron chi connectivity index (χ0n) is 9.68. The van der Waals surface area contributed by atoms with Gasteiger partial charge in [0, 0.05) is 0 Å². The number of aromatic nitrogens is 1. The number of rotatable bonds is 3. The number of hydrogen-bond donors (Lipinski definition) is 0. The third-order valence-corrected chi connectivity index (χ3v) is 5.45. The molecule has 0 radical (unpaired) electrons. The van der Waals surface area contributed by atoms with Gasteiger partial charge in [-0.15, -0.1) is 0 Å². The van der Waals surface area contributed by atoms with Crippen molar-refractivity contribution in [2.45, 2.75) is 16.8 Å². The molecule has 0 fully saturated rings. The van der Waals surface area contributed by atoms with E-state index in [9.17, 15) is 8.42 Å². The van der Waals surface area contributed by atoms with Gasteiger partial charge in [0.15, 0.2) is 5.03 Å². The Morgan fingerprint density at radius 1 is 1.28 bits per heavy atom. The normalized spacial score (nSPS) is 11.5. The number of sulfone groups is 1. The second-order valence-corrected chi connectivity index (χ2v) is 7.01. The van der Waals surface area contributed by atoms with Crippen LogP contribution in [-0.2, 0) is 9.84 Å². The molecule has 0 aliphatic carbocycles. The molecule has 0 unspecified atom stereocenters. The lowest BCUT2D eigenvalue weighted by Crippen LogP contribution is -2.03. The summed E-state index contributed by atoms with van der Waals surface area (Å²) in [5.74, 6) is 0. The summed E-state index contributed by atoms with van der Waals surface area (Å²) in [5.41, 5.74) is 0.982. The quantitative estimate of drug-likeness (QED) is 0.875. The Balaban J connectivity index is 2.54. The first-order valence-corrected chi connectivity index (χ1v) is 7.65. The van der Waals surface area contributed by atoms with Gasteiger partial charge in [0.2, 0.25) is 9.84 Å². The fraction of sp³-hybridized carbons (Fsp3) is 0.182. The topological polar surface area (TPSA) is 56.3 Å². The zero-order valence-corrected chi connectivity index (χ0v) is 12.1. The number of ether oxygens (including phenoxy) is 1. The van der Waals surface area contributed by atoms with Gasteiger partial charge in [0.1, 0.15) is 4.34 Å². The molecule has 2 aromatic rings. The Morgan fingerprint density at radius 2 is 1.89 bits per heavy atom. The minimum absolute atomic E-state index is 0.104. The lowest BCUT2D eigenvalue weighted by Gasteiger charge is -2.02. The number of benzene rings is 1. The molecule has 0 N–H and O–H groups in total. The maximum atomic E-state index is 12.3. The highest BCUT2D eigenvalue weighted by Crippen LogP contribution is 2.35. The molecule has 0 aliphatic heterocycles. The van der Waals surface area contributed by atoms with Gasteiger partial charge in [-0.2, -0.15) is 4.98 Å². The molecule has 2 rings (SSSR count). The first-order chi connectivity index (χ1) is 8.45. The maximum Gasteiger partial charge on any atom is 0.275 e. The highest BCUT2D eigenvalue weighted by Gasteiger charge is 2.25. The van der Waals surface area contributed by atoms with E-state index >= 15 is 0 Å². The van der Waals surface area contributed by atoms with Crippen LogP contribution in [0.4, 0.5) is 0 Å². The number of halogens is 1. The van der Waals surface area contributed by atoms with Gasteiger partial charge in [0.25, 0.3) is 5.19 Å². The van der Waals surface area contributed by atoms with E-state index in [0.717, 1.165) is 16.9 Å². The first-order valence-electron chi connectivity index (χ1n) is 4.97. The number of nitrogens with zero attached hydrogens (tertiary/aromatic N) is 1. The van der Waals surface area contributed by atoms with Gasteiger partial charge in [-0.1, -0.05) is 40.6 Å². The van der Waals surface area contributed by atoms with Gasteiger partial charge < -0.3 is 4.74 Å². The number of aryl methyl sites for hydroxylation is 1. The smallest absolute Gasteiger partial charge is 0.275 e. The summed E-state index contributed by atoms with van der Waals surface area (Å²) in [5, 5.41) is 0.0700. The molecule has 0 saturated carbocycles. The van der Waals surface area contributed by atoms with Crippen molar-refractivity contribution in [3.05, 3.63) is 34.2 Å². The summed E-state index contributed by atoms with van der Waals surface area (Å²) < 4.78 is 29.6. The van der Waals surface area contributed by atoms with Crippen LogP contribution in [0.15, 0.2) is 34.2 Å². The summed E-state index contributed by atoms with van der Waals surface area (Å²) in [4.78, 5) is 4.04. The fourth-order valence-corrected chi connectivity index (χ4v) is 4.05. The minimum Gasteiger partial charge on any atom is -0.473 e. The summed E-state index contributed by atoms with van der Waals surface area (Å²) in [7, 11) is -2.27. The SMILES string of the molecule is COc1nc(S(=O)(=O)c2ccc(C)cc2)c(Cl)s1. The van der Waals surface area contributed by atoms with Gasteiger partial charge in [0.05, 0.1) is 12.0 Å². The van der Waals surface area contributed by atoms with Crippen LogP contribution in [0.5, 0.6) is 5.19 Å². The highest BCUT2D eigenvalue weighted by molar-refractivity contribution is 7.91. The second kappa shape index (κ2) is 4.87. The summed E-state index contributed by atoms with van der Waals surface area (Å²) in [6.45, 7) is 1.88. The molecular formula is C11H10ClNO3S2. The van der Waals surface area contributed by atoms with Gasteiger partial charge in [-0.3, -0.25) is 0 Å². The summed E-state index contributed by atoms with van der Waals surface area (Å²) in [6.07, 6.45) is 0. The Hall–Kier alpha value is -1.11. The molecule has 1 aromatic carbocycles. The molecule has 0 atom stereocenters. The fourth-order valence-electron chi connectivity index (χ4n) is 1.35. The van der Waals surface area contributed by atoms with E-state index in [-0.39, 0.29) is 19.5 Å². The van der Waals surface area contributed by atoms with Crippen LogP contribution in [0.2, 0.25) is 4.34 Å². The van der Waals surface area contributed by atoms with Crippen LogP contribution in [0, 0.1) is 6.92 Å². The Labute approximate surface area is 114 Å². The van der Waals surface area contributed by atoms with Crippen molar-refractivity contribution >= 4 is 32.8 Å². The lowest BCUT2D eigenvalue weighted by molar-refractivity contribution is 0.409. The van der Waals surface area contributed by atoms with Gasteiger partial charge in [-0.05, 0) is 19.1 Å². The predicted molar refractivity (Wildman–Crippen MR) is 70.3 cm³/mol. The molecular weight excluding hydrogens is 294 g/mol. The zero-order chi connectivity index (χ0) is 13.3. The van der Waals surface area contributed by atoms with Gasteiger partial charge >= 0.3 is 0 Å². The third-order valence-electron chi connectivity index (χ3n) is 2.30. The standard InChI is InChI=1S/C11H10ClNO3S2/c1-7-3-5-8(6-4-7)18(14,15)10-9(12)17-11(13-10)16-2/h3-6H,1-2H3. The minimum atomic E-state index is -3.69. The average Bonchev–Trinajstić information content (AvgIpc) is 2.72. The van der Waals surface area contributed by atoms with E-state index < -0.39 is 9.84 Å². The van der Waals surface area contributed by atoms with E-state index in [1.807, 2.05) is 6.92 Å². The molecule has 7 heteroatoms. The summed E-state index contributed by atoms with van der Waals surface area (Å²) >= 11 is 6.88. The summed E-state index contributed by atoms with van der Waals surface area (Å²) in [6, 6.07) is 6.52. The lowest BCUT2D eigenvalue weighted by atomic mass is 10.2. The van der Waals surface area contributed by atoms with Crippen molar-refractivity contribution in [3.8, 4) is 5.19 Å².